The third-order valence-corrected chi connectivity index (χ3v) is 2.26. The first kappa shape index (κ1) is 12.6. The molecule has 19 heavy (non-hydrogen) atoms. The number of benzene rings is 1. The van der Waals surface area contributed by atoms with Crippen LogP contribution in [0, 0.1) is 5.82 Å². The molecule has 1 heterocycles. The van der Waals surface area contributed by atoms with E-state index in [4.69, 9.17) is 5.11 Å². The van der Waals surface area contributed by atoms with Crippen LogP contribution in [0.25, 0.3) is 0 Å². The minimum Gasteiger partial charge on any atom is -0.478 e. The van der Waals surface area contributed by atoms with E-state index in [1.807, 2.05) is 0 Å². The van der Waals surface area contributed by atoms with E-state index in [1.165, 1.54) is 30.7 Å². The Balaban J connectivity index is 2.20. The molecule has 0 radical (unpaired) electrons. The van der Waals surface area contributed by atoms with Crippen LogP contribution in [0.4, 0.5) is 10.1 Å². The van der Waals surface area contributed by atoms with E-state index in [1.54, 1.807) is 0 Å². The van der Waals surface area contributed by atoms with Gasteiger partial charge in [0.05, 0.1) is 17.4 Å². The van der Waals surface area contributed by atoms with Crippen LogP contribution in [0.5, 0.6) is 0 Å². The van der Waals surface area contributed by atoms with Crippen molar-refractivity contribution in [3.05, 3.63) is 53.9 Å². The molecule has 96 valence electrons. The molecular formula is C12H8FN3O3. The van der Waals surface area contributed by atoms with Crippen LogP contribution in [0.2, 0.25) is 0 Å². The Morgan fingerprint density at radius 2 is 2.05 bits per heavy atom. The van der Waals surface area contributed by atoms with Crippen LogP contribution >= 0.6 is 0 Å². The lowest BCUT2D eigenvalue weighted by Crippen LogP contribution is -2.15. The summed E-state index contributed by atoms with van der Waals surface area (Å²) in [5, 5.41) is 11.0. The van der Waals surface area contributed by atoms with Crippen LogP contribution in [0.3, 0.4) is 0 Å². The van der Waals surface area contributed by atoms with Crippen LogP contribution in [-0.2, 0) is 0 Å². The molecule has 1 aromatic carbocycles. The fourth-order valence-corrected chi connectivity index (χ4v) is 1.35. The SMILES string of the molecule is O=C(O)c1ccc(NC(=O)c2cnccn2)c(F)c1. The number of hydrogen-bond donors (Lipinski definition) is 2. The van der Waals surface area contributed by atoms with Gasteiger partial charge < -0.3 is 10.4 Å². The first-order chi connectivity index (χ1) is 9.08. The summed E-state index contributed by atoms with van der Waals surface area (Å²) in [6, 6.07) is 3.19. The van der Waals surface area contributed by atoms with Gasteiger partial charge in [0.25, 0.3) is 5.91 Å². The summed E-state index contributed by atoms with van der Waals surface area (Å²) >= 11 is 0. The van der Waals surface area contributed by atoms with Crippen molar-refractivity contribution in [2.45, 2.75) is 0 Å². The number of carbonyl (C=O) groups excluding carboxylic acids is 1. The Labute approximate surface area is 106 Å². The molecule has 0 spiro atoms. The lowest BCUT2D eigenvalue weighted by atomic mass is 10.2. The van der Waals surface area contributed by atoms with Crippen molar-refractivity contribution in [3.63, 3.8) is 0 Å². The van der Waals surface area contributed by atoms with Crippen molar-refractivity contribution < 1.29 is 19.1 Å². The van der Waals surface area contributed by atoms with Gasteiger partial charge in [0, 0.05) is 12.4 Å². The smallest absolute Gasteiger partial charge is 0.335 e. The van der Waals surface area contributed by atoms with Crippen molar-refractivity contribution >= 4 is 17.6 Å². The molecular weight excluding hydrogens is 253 g/mol. The maximum atomic E-state index is 13.6. The van der Waals surface area contributed by atoms with Crippen LogP contribution in [0.1, 0.15) is 20.8 Å². The van der Waals surface area contributed by atoms with Gasteiger partial charge in [-0.25, -0.2) is 14.2 Å². The summed E-state index contributed by atoms with van der Waals surface area (Å²) in [5.41, 5.74) is -0.292. The number of rotatable bonds is 3. The third kappa shape index (κ3) is 2.89. The second kappa shape index (κ2) is 5.21. The van der Waals surface area contributed by atoms with Crippen LogP contribution in [0.15, 0.2) is 36.8 Å². The standard InChI is InChI=1S/C12H8FN3O3/c13-8-5-7(12(18)19)1-2-9(8)16-11(17)10-6-14-3-4-15-10/h1-6H,(H,16,17)(H,18,19). The van der Waals surface area contributed by atoms with Crippen molar-refractivity contribution in [1.29, 1.82) is 0 Å². The molecule has 0 unspecified atom stereocenters. The highest BCUT2D eigenvalue weighted by molar-refractivity contribution is 6.02. The summed E-state index contributed by atoms with van der Waals surface area (Å²) < 4.78 is 13.6. The lowest BCUT2D eigenvalue weighted by Gasteiger charge is -2.06. The molecule has 2 N–H and O–H groups in total. The van der Waals surface area contributed by atoms with Crippen molar-refractivity contribution in [2.75, 3.05) is 5.32 Å². The van der Waals surface area contributed by atoms with Crippen LogP contribution < -0.4 is 5.32 Å². The van der Waals surface area contributed by atoms with Crippen molar-refractivity contribution in [1.82, 2.24) is 9.97 Å². The van der Waals surface area contributed by atoms with Gasteiger partial charge in [-0.1, -0.05) is 0 Å². The van der Waals surface area contributed by atoms with E-state index in [-0.39, 0.29) is 16.9 Å². The average molecular weight is 261 g/mol. The van der Waals surface area contributed by atoms with Gasteiger partial charge >= 0.3 is 5.97 Å². The first-order valence-corrected chi connectivity index (χ1v) is 5.18. The van der Waals surface area contributed by atoms with Gasteiger partial charge in [-0.05, 0) is 18.2 Å². The number of aromatic carboxylic acids is 1. The highest BCUT2D eigenvalue weighted by Crippen LogP contribution is 2.16. The molecule has 0 aliphatic rings. The zero-order valence-corrected chi connectivity index (χ0v) is 9.50. The molecule has 1 aromatic heterocycles. The normalized spacial score (nSPS) is 9.95. The molecule has 0 saturated heterocycles. The van der Waals surface area contributed by atoms with Crippen LogP contribution in [-0.4, -0.2) is 27.0 Å². The fourth-order valence-electron chi connectivity index (χ4n) is 1.35. The number of hydrogen-bond acceptors (Lipinski definition) is 4. The van der Waals surface area contributed by atoms with Gasteiger partial charge in [-0.3, -0.25) is 9.78 Å². The Morgan fingerprint density at radius 1 is 1.26 bits per heavy atom. The molecule has 0 bridgehead atoms. The maximum Gasteiger partial charge on any atom is 0.335 e. The van der Waals surface area contributed by atoms with Crippen molar-refractivity contribution in [2.24, 2.45) is 0 Å². The molecule has 0 aliphatic carbocycles. The Kier molecular flexibility index (Phi) is 3.46. The van der Waals surface area contributed by atoms with Gasteiger partial charge in [-0.2, -0.15) is 0 Å². The topological polar surface area (TPSA) is 92.2 Å². The number of nitrogens with one attached hydrogen (secondary N) is 1. The molecule has 6 nitrogen and oxygen atoms in total. The molecule has 7 heteroatoms. The summed E-state index contributed by atoms with van der Waals surface area (Å²) in [6.45, 7) is 0. The number of carboxylic acids is 1. The predicted molar refractivity (Wildman–Crippen MR) is 63.3 cm³/mol. The monoisotopic (exact) mass is 261 g/mol. The maximum absolute atomic E-state index is 13.6. The zero-order valence-electron chi connectivity index (χ0n) is 9.50. The number of aromatic nitrogens is 2. The quantitative estimate of drug-likeness (QED) is 0.874. The minimum absolute atomic E-state index is 0.0317. The summed E-state index contributed by atoms with van der Waals surface area (Å²) in [5.74, 6) is -2.71. The molecule has 2 aromatic rings. The lowest BCUT2D eigenvalue weighted by molar-refractivity contribution is 0.0696. The summed E-state index contributed by atoms with van der Waals surface area (Å²) in [4.78, 5) is 29.8. The molecule has 0 atom stereocenters. The van der Waals surface area contributed by atoms with E-state index in [0.717, 1.165) is 6.07 Å². The zero-order chi connectivity index (χ0) is 13.8. The molecule has 0 fully saturated rings. The second-order valence-corrected chi connectivity index (χ2v) is 3.54. The predicted octanol–water partition coefficient (Wildman–Crippen LogP) is 1.57. The second-order valence-electron chi connectivity index (χ2n) is 3.54. The molecule has 0 aliphatic heterocycles. The third-order valence-electron chi connectivity index (χ3n) is 2.26. The summed E-state index contributed by atoms with van der Waals surface area (Å²) in [7, 11) is 0. The molecule has 0 saturated carbocycles. The van der Waals surface area contributed by atoms with E-state index in [2.05, 4.69) is 15.3 Å². The van der Waals surface area contributed by atoms with E-state index >= 15 is 0 Å². The molecule has 2 rings (SSSR count). The first-order valence-electron chi connectivity index (χ1n) is 5.18. The molecule has 1 amide bonds. The Morgan fingerprint density at radius 3 is 2.63 bits per heavy atom. The number of amides is 1. The fraction of sp³-hybridized carbons (Fsp3) is 0. The van der Waals surface area contributed by atoms with Gasteiger partial charge in [0.2, 0.25) is 0 Å². The largest absolute Gasteiger partial charge is 0.478 e. The highest BCUT2D eigenvalue weighted by Gasteiger charge is 2.12. The minimum atomic E-state index is -1.24. The highest BCUT2D eigenvalue weighted by atomic mass is 19.1. The average Bonchev–Trinajstić information content (AvgIpc) is 2.41. The Hall–Kier alpha value is -2.83. The number of anilines is 1. The van der Waals surface area contributed by atoms with Crippen molar-refractivity contribution in [3.8, 4) is 0 Å². The van der Waals surface area contributed by atoms with E-state index < -0.39 is 17.7 Å². The number of nitrogens with zero attached hydrogens (tertiary/aromatic N) is 2. The summed E-state index contributed by atoms with van der Waals surface area (Å²) in [6.07, 6.45) is 3.97. The van der Waals surface area contributed by atoms with Gasteiger partial charge in [-0.15, -0.1) is 0 Å². The Bertz CT molecular complexity index is 631. The number of carbonyl (C=O) groups is 2. The number of halogens is 1. The van der Waals surface area contributed by atoms with Gasteiger partial charge in [0.1, 0.15) is 11.5 Å². The van der Waals surface area contributed by atoms with Gasteiger partial charge in [0.15, 0.2) is 0 Å². The number of carboxylic acid groups (broad SMARTS) is 1. The van der Waals surface area contributed by atoms with E-state index in [9.17, 15) is 14.0 Å². The van der Waals surface area contributed by atoms with E-state index in [0.29, 0.717) is 0 Å².